The molecule has 2 aromatic rings. The molecule has 1 heterocycles. The summed E-state index contributed by atoms with van der Waals surface area (Å²) in [6, 6.07) is 9.56. The van der Waals surface area contributed by atoms with E-state index in [0.29, 0.717) is 15.9 Å². The number of hydrogen-bond donors (Lipinski definition) is 1. The fourth-order valence-electron chi connectivity index (χ4n) is 1.39. The van der Waals surface area contributed by atoms with Gasteiger partial charge in [-0.25, -0.2) is 4.98 Å². The summed E-state index contributed by atoms with van der Waals surface area (Å²) in [5, 5.41) is 5.03. The molecule has 1 aromatic carbocycles. The van der Waals surface area contributed by atoms with Gasteiger partial charge in [-0.1, -0.05) is 47.5 Å². The van der Waals surface area contributed by atoms with Gasteiger partial charge in [0.05, 0.1) is 16.3 Å². The number of aryl methyl sites for hydroxylation is 1. The SMILES string of the molecule is Cc1ccccc1/C=N\Nc1ncc(Cl)cc1Cl. The van der Waals surface area contributed by atoms with Crippen molar-refractivity contribution in [1.29, 1.82) is 0 Å². The molecule has 5 heteroatoms. The molecule has 18 heavy (non-hydrogen) atoms. The van der Waals surface area contributed by atoms with Gasteiger partial charge < -0.3 is 0 Å². The number of anilines is 1. The van der Waals surface area contributed by atoms with Crippen molar-refractivity contribution in [2.45, 2.75) is 6.92 Å². The smallest absolute Gasteiger partial charge is 0.165 e. The molecular weight excluding hydrogens is 269 g/mol. The van der Waals surface area contributed by atoms with Gasteiger partial charge in [0.25, 0.3) is 0 Å². The monoisotopic (exact) mass is 279 g/mol. The van der Waals surface area contributed by atoms with E-state index >= 15 is 0 Å². The Balaban J connectivity index is 2.10. The highest BCUT2D eigenvalue weighted by Gasteiger charge is 2.00. The van der Waals surface area contributed by atoms with Crippen molar-refractivity contribution in [3.8, 4) is 0 Å². The Morgan fingerprint density at radius 2 is 2.06 bits per heavy atom. The van der Waals surface area contributed by atoms with Crippen LogP contribution < -0.4 is 5.43 Å². The van der Waals surface area contributed by atoms with Crippen molar-refractivity contribution in [2.75, 3.05) is 5.43 Å². The number of halogens is 2. The molecule has 3 nitrogen and oxygen atoms in total. The summed E-state index contributed by atoms with van der Waals surface area (Å²) in [5.41, 5.74) is 4.97. The second-order valence-corrected chi connectivity index (χ2v) is 4.55. The first-order valence-electron chi connectivity index (χ1n) is 5.32. The maximum Gasteiger partial charge on any atom is 0.165 e. The van der Waals surface area contributed by atoms with E-state index < -0.39 is 0 Å². The summed E-state index contributed by atoms with van der Waals surface area (Å²) in [6.45, 7) is 2.02. The molecule has 0 aliphatic rings. The van der Waals surface area contributed by atoms with Crippen molar-refractivity contribution in [3.63, 3.8) is 0 Å². The Labute approximate surface area is 115 Å². The number of nitrogens with zero attached hydrogens (tertiary/aromatic N) is 2. The molecule has 2 rings (SSSR count). The summed E-state index contributed by atoms with van der Waals surface area (Å²) >= 11 is 11.7. The Kier molecular flexibility index (Phi) is 4.18. The Morgan fingerprint density at radius 1 is 1.28 bits per heavy atom. The van der Waals surface area contributed by atoms with Gasteiger partial charge in [0.1, 0.15) is 0 Å². The summed E-state index contributed by atoms with van der Waals surface area (Å²) < 4.78 is 0. The Morgan fingerprint density at radius 3 is 2.78 bits per heavy atom. The first kappa shape index (κ1) is 12.9. The van der Waals surface area contributed by atoms with E-state index in [2.05, 4.69) is 15.5 Å². The summed E-state index contributed by atoms with van der Waals surface area (Å²) in [4.78, 5) is 4.04. The van der Waals surface area contributed by atoms with E-state index in [-0.39, 0.29) is 0 Å². The molecule has 0 bridgehead atoms. The minimum Gasteiger partial charge on any atom is -0.260 e. The zero-order chi connectivity index (χ0) is 13.0. The van der Waals surface area contributed by atoms with Crippen LogP contribution in [0, 0.1) is 6.92 Å². The minimum atomic E-state index is 0.435. The number of hydrogen-bond acceptors (Lipinski definition) is 3. The number of hydrazone groups is 1. The van der Waals surface area contributed by atoms with Gasteiger partial charge in [-0.15, -0.1) is 0 Å². The van der Waals surface area contributed by atoms with E-state index in [1.807, 2.05) is 31.2 Å². The van der Waals surface area contributed by atoms with Crippen LogP contribution in [0.15, 0.2) is 41.6 Å². The highest BCUT2D eigenvalue weighted by atomic mass is 35.5. The molecule has 0 aliphatic carbocycles. The van der Waals surface area contributed by atoms with E-state index in [1.165, 1.54) is 6.20 Å². The van der Waals surface area contributed by atoms with Crippen LogP contribution in [0.2, 0.25) is 10.0 Å². The minimum absolute atomic E-state index is 0.435. The van der Waals surface area contributed by atoms with Crippen LogP contribution >= 0.6 is 23.2 Å². The third-order valence-electron chi connectivity index (χ3n) is 2.37. The van der Waals surface area contributed by atoms with Crippen LogP contribution in [-0.2, 0) is 0 Å². The molecule has 92 valence electrons. The number of benzene rings is 1. The standard InChI is InChI=1S/C13H11Cl2N3/c1-9-4-2-3-5-10(9)7-17-18-13-12(15)6-11(14)8-16-13/h2-8H,1H3,(H,16,18)/b17-7-. The topological polar surface area (TPSA) is 37.3 Å². The summed E-state index contributed by atoms with van der Waals surface area (Å²) in [6.07, 6.45) is 3.24. The highest BCUT2D eigenvalue weighted by Crippen LogP contribution is 2.22. The molecule has 0 aliphatic heterocycles. The van der Waals surface area contributed by atoms with Crippen molar-refractivity contribution in [1.82, 2.24) is 4.98 Å². The number of pyridine rings is 1. The van der Waals surface area contributed by atoms with Crippen molar-refractivity contribution in [2.24, 2.45) is 5.10 Å². The van der Waals surface area contributed by atoms with Crippen molar-refractivity contribution >= 4 is 35.2 Å². The molecule has 0 fully saturated rings. The second kappa shape index (κ2) is 5.85. The number of aromatic nitrogens is 1. The molecule has 0 amide bonds. The lowest BCUT2D eigenvalue weighted by Crippen LogP contribution is -1.95. The average Bonchev–Trinajstić information content (AvgIpc) is 2.34. The van der Waals surface area contributed by atoms with Gasteiger partial charge in [0.15, 0.2) is 5.82 Å². The summed E-state index contributed by atoms with van der Waals surface area (Å²) in [7, 11) is 0. The molecule has 0 radical (unpaired) electrons. The molecule has 0 spiro atoms. The third kappa shape index (κ3) is 3.22. The van der Waals surface area contributed by atoms with Crippen LogP contribution in [-0.4, -0.2) is 11.2 Å². The second-order valence-electron chi connectivity index (χ2n) is 3.71. The first-order valence-corrected chi connectivity index (χ1v) is 6.08. The highest BCUT2D eigenvalue weighted by molar-refractivity contribution is 6.35. The lowest BCUT2D eigenvalue weighted by atomic mass is 10.1. The van der Waals surface area contributed by atoms with Crippen LogP contribution in [0.1, 0.15) is 11.1 Å². The van der Waals surface area contributed by atoms with Crippen LogP contribution in [0.4, 0.5) is 5.82 Å². The molecule has 0 saturated heterocycles. The molecule has 0 saturated carbocycles. The fourth-order valence-corrected chi connectivity index (χ4v) is 1.81. The zero-order valence-electron chi connectivity index (χ0n) is 9.69. The summed E-state index contributed by atoms with van der Waals surface area (Å²) in [5.74, 6) is 0.478. The molecule has 0 unspecified atom stereocenters. The predicted octanol–water partition coefficient (Wildman–Crippen LogP) is 4.14. The maximum absolute atomic E-state index is 5.96. The average molecular weight is 280 g/mol. The third-order valence-corrected chi connectivity index (χ3v) is 2.87. The van der Waals surface area contributed by atoms with Gasteiger partial charge in [0.2, 0.25) is 0 Å². The lowest BCUT2D eigenvalue weighted by molar-refractivity contribution is 1.23. The largest absolute Gasteiger partial charge is 0.260 e. The quantitative estimate of drug-likeness (QED) is 0.677. The van der Waals surface area contributed by atoms with Gasteiger partial charge in [-0.2, -0.15) is 5.10 Å². The van der Waals surface area contributed by atoms with Crippen LogP contribution in [0.25, 0.3) is 0 Å². The van der Waals surface area contributed by atoms with E-state index in [9.17, 15) is 0 Å². The van der Waals surface area contributed by atoms with E-state index in [1.54, 1.807) is 12.3 Å². The molecular formula is C13H11Cl2N3. The number of nitrogens with one attached hydrogen (secondary N) is 1. The van der Waals surface area contributed by atoms with Gasteiger partial charge in [-0.05, 0) is 24.1 Å². The van der Waals surface area contributed by atoms with Gasteiger partial charge in [0, 0.05) is 6.20 Å². The molecule has 1 N–H and O–H groups in total. The molecule has 0 atom stereocenters. The van der Waals surface area contributed by atoms with Crippen LogP contribution in [0.3, 0.4) is 0 Å². The normalized spacial score (nSPS) is 10.8. The van der Waals surface area contributed by atoms with E-state index in [0.717, 1.165) is 11.1 Å². The van der Waals surface area contributed by atoms with Crippen LogP contribution in [0.5, 0.6) is 0 Å². The fraction of sp³-hybridized carbons (Fsp3) is 0.0769. The van der Waals surface area contributed by atoms with E-state index in [4.69, 9.17) is 23.2 Å². The van der Waals surface area contributed by atoms with Crippen molar-refractivity contribution in [3.05, 3.63) is 57.7 Å². The Hall–Kier alpha value is -1.58. The molecule has 1 aromatic heterocycles. The van der Waals surface area contributed by atoms with Gasteiger partial charge in [-0.3, -0.25) is 5.43 Å². The number of rotatable bonds is 3. The van der Waals surface area contributed by atoms with Gasteiger partial charge >= 0.3 is 0 Å². The first-order chi connectivity index (χ1) is 8.66. The lowest BCUT2D eigenvalue weighted by Gasteiger charge is -2.02. The predicted molar refractivity (Wildman–Crippen MR) is 76.7 cm³/mol. The zero-order valence-corrected chi connectivity index (χ0v) is 11.2. The maximum atomic E-state index is 5.96. The Bertz CT molecular complexity index is 582. The van der Waals surface area contributed by atoms with Crippen molar-refractivity contribution < 1.29 is 0 Å².